The van der Waals surface area contributed by atoms with Crippen molar-refractivity contribution < 1.29 is 17.9 Å². The summed E-state index contributed by atoms with van der Waals surface area (Å²) < 4.78 is 40.9. The Balaban J connectivity index is 1.36. The third-order valence-electron chi connectivity index (χ3n) is 7.28. The van der Waals surface area contributed by atoms with E-state index in [9.17, 15) is 13.2 Å². The zero-order valence-electron chi connectivity index (χ0n) is 17.9. The van der Waals surface area contributed by atoms with Crippen LogP contribution >= 0.6 is 0 Å². The first-order valence-corrected chi connectivity index (χ1v) is 11.8. The number of benzene rings is 1. The van der Waals surface area contributed by atoms with Crippen LogP contribution in [0, 0.1) is 17.8 Å². The lowest BCUT2D eigenvalue weighted by Gasteiger charge is -2.34. The largest absolute Gasteiger partial charge is 0.573 e. The van der Waals surface area contributed by atoms with Crippen LogP contribution in [0.1, 0.15) is 102 Å². The van der Waals surface area contributed by atoms with Crippen molar-refractivity contribution in [1.82, 2.24) is 0 Å². The molecular weight excluding hydrogens is 373 g/mol. The minimum absolute atomic E-state index is 0.125. The molecule has 2 fully saturated rings. The summed E-state index contributed by atoms with van der Waals surface area (Å²) in [5.41, 5.74) is 1.16. The molecule has 2 saturated carbocycles. The van der Waals surface area contributed by atoms with E-state index in [1.165, 1.54) is 82.8 Å². The minimum atomic E-state index is -4.62. The number of ether oxygens (including phenoxy) is 1. The molecule has 0 bridgehead atoms. The molecule has 0 unspecified atom stereocenters. The number of halogens is 3. The summed E-state index contributed by atoms with van der Waals surface area (Å²) in [5, 5.41) is 0. The van der Waals surface area contributed by atoms with Gasteiger partial charge in [-0.3, -0.25) is 0 Å². The average Bonchev–Trinajstić information content (AvgIpc) is 2.70. The first kappa shape index (κ1) is 22.5. The summed E-state index contributed by atoms with van der Waals surface area (Å²) in [6.07, 6.45) is 12.9. The van der Waals surface area contributed by atoms with Crippen molar-refractivity contribution in [2.24, 2.45) is 17.8 Å². The summed E-state index contributed by atoms with van der Waals surface area (Å²) in [4.78, 5) is 0. The molecule has 0 amide bonds. The Morgan fingerprint density at radius 3 is 1.90 bits per heavy atom. The van der Waals surface area contributed by atoms with E-state index in [0.29, 0.717) is 5.92 Å². The standard InChI is InChI=1S/C25H37F3O/c1-2-3-4-5-19-6-8-20(9-7-19)18-21-10-12-22(13-11-21)23-14-16-24(17-15-23)29-25(26,27)28/h14-17,19-22H,2-13,18H2,1H3. The van der Waals surface area contributed by atoms with Gasteiger partial charge in [-0.1, -0.05) is 70.4 Å². The van der Waals surface area contributed by atoms with E-state index >= 15 is 0 Å². The Labute approximate surface area is 174 Å². The van der Waals surface area contributed by atoms with Gasteiger partial charge in [-0.2, -0.15) is 0 Å². The summed E-state index contributed by atoms with van der Waals surface area (Å²) in [7, 11) is 0. The highest BCUT2D eigenvalue weighted by Gasteiger charge is 2.31. The van der Waals surface area contributed by atoms with Crippen molar-refractivity contribution in [2.45, 2.75) is 103 Å². The summed E-state index contributed by atoms with van der Waals surface area (Å²) in [5.74, 6) is 3.12. The second kappa shape index (κ2) is 10.7. The van der Waals surface area contributed by atoms with Crippen LogP contribution < -0.4 is 4.74 Å². The first-order valence-electron chi connectivity index (χ1n) is 11.8. The number of hydrogen-bond acceptors (Lipinski definition) is 1. The van der Waals surface area contributed by atoms with Gasteiger partial charge in [0.15, 0.2) is 0 Å². The zero-order valence-corrected chi connectivity index (χ0v) is 17.9. The van der Waals surface area contributed by atoms with Crippen LogP contribution in [-0.2, 0) is 0 Å². The van der Waals surface area contributed by atoms with Gasteiger partial charge in [0, 0.05) is 0 Å². The normalized spacial score (nSPS) is 28.3. The van der Waals surface area contributed by atoms with E-state index < -0.39 is 6.36 Å². The maximum Gasteiger partial charge on any atom is 0.573 e. The topological polar surface area (TPSA) is 9.23 Å². The van der Waals surface area contributed by atoms with Crippen molar-refractivity contribution in [3.63, 3.8) is 0 Å². The van der Waals surface area contributed by atoms with E-state index in [0.717, 1.165) is 36.2 Å². The van der Waals surface area contributed by atoms with Crippen molar-refractivity contribution in [2.75, 3.05) is 0 Å². The predicted molar refractivity (Wildman–Crippen MR) is 112 cm³/mol. The fraction of sp³-hybridized carbons (Fsp3) is 0.760. The molecule has 0 radical (unpaired) electrons. The highest BCUT2D eigenvalue weighted by molar-refractivity contribution is 5.29. The third kappa shape index (κ3) is 7.53. The van der Waals surface area contributed by atoms with E-state index in [-0.39, 0.29) is 5.75 Å². The second-order valence-corrected chi connectivity index (χ2v) is 9.45. The molecule has 0 N–H and O–H groups in total. The van der Waals surface area contributed by atoms with E-state index in [2.05, 4.69) is 11.7 Å². The molecule has 0 atom stereocenters. The van der Waals surface area contributed by atoms with Gasteiger partial charge in [0.1, 0.15) is 5.75 Å². The molecule has 4 heteroatoms. The monoisotopic (exact) mass is 410 g/mol. The van der Waals surface area contributed by atoms with E-state index in [1.54, 1.807) is 0 Å². The lowest BCUT2D eigenvalue weighted by Crippen LogP contribution is -2.20. The Morgan fingerprint density at radius 2 is 1.34 bits per heavy atom. The maximum absolute atomic E-state index is 12.3. The first-order chi connectivity index (χ1) is 13.9. The van der Waals surface area contributed by atoms with Crippen molar-refractivity contribution in [1.29, 1.82) is 0 Å². The van der Waals surface area contributed by atoms with Gasteiger partial charge in [0.05, 0.1) is 0 Å². The molecule has 164 valence electrons. The fourth-order valence-corrected chi connectivity index (χ4v) is 5.58. The quantitative estimate of drug-likeness (QED) is 0.390. The predicted octanol–water partition coefficient (Wildman–Crippen LogP) is 8.64. The summed E-state index contributed by atoms with van der Waals surface area (Å²) in [6, 6.07) is 6.53. The Kier molecular flexibility index (Phi) is 8.32. The molecule has 0 saturated heterocycles. The molecule has 0 spiro atoms. The smallest absolute Gasteiger partial charge is 0.406 e. The SMILES string of the molecule is CCCCCC1CCC(CC2CCC(c3ccc(OC(F)(F)F)cc3)CC2)CC1. The van der Waals surface area contributed by atoms with Crippen LogP contribution in [0.5, 0.6) is 5.75 Å². The third-order valence-corrected chi connectivity index (χ3v) is 7.28. The molecule has 0 aliphatic heterocycles. The highest BCUT2D eigenvalue weighted by Crippen LogP contribution is 2.42. The van der Waals surface area contributed by atoms with Crippen LogP contribution in [-0.4, -0.2) is 6.36 Å². The Hall–Kier alpha value is -1.19. The van der Waals surface area contributed by atoms with Crippen LogP contribution in [0.25, 0.3) is 0 Å². The van der Waals surface area contributed by atoms with Gasteiger partial charge in [0.2, 0.25) is 0 Å². The van der Waals surface area contributed by atoms with Gasteiger partial charge in [-0.25, -0.2) is 0 Å². The van der Waals surface area contributed by atoms with E-state index in [4.69, 9.17) is 0 Å². The highest BCUT2D eigenvalue weighted by atomic mass is 19.4. The number of unbranched alkanes of at least 4 members (excludes halogenated alkanes) is 2. The van der Waals surface area contributed by atoms with Crippen molar-refractivity contribution >= 4 is 0 Å². The second-order valence-electron chi connectivity index (χ2n) is 9.45. The van der Waals surface area contributed by atoms with Crippen molar-refractivity contribution in [3.8, 4) is 5.75 Å². The van der Waals surface area contributed by atoms with Crippen LogP contribution in [0.4, 0.5) is 13.2 Å². The molecule has 0 aromatic heterocycles. The molecule has 3 rings (SSSR count). The van der Waals surface area contributed by atoms with Gasteiger partial charge in [0.25, 0.3) is 0 Å². The molecule has 2 aliphatic rings. The minimum Gasteiger partial charge on any atom is -0.406 e. The zero-order chi connectivity index (χ0) is 20.7. The van der Waals surface area contributed by atoms with Crippen LogP contribution in [0.3, 0.4) is 0 Å². The van der Waals surface area contributed by atoms with Gasteiger partial charge < -0.3 is 4.74 Å². The Morgan fingerprint density at radius 1 is 0.793 bits per heavy atom. The number of alkyl halides is 3. The molecule has 0 heterocycles. The fourth-order valence-electron chi connectivity index (χ4n) is 5.58. The molecule has 1 aromatic rings. The van der Waals surface area contributed by atoms with Crippen LogP contribution in [0.2, 0.25) is 0 Å². The van der Waals surface area contributed by atoms with Gasteiger partial charge in [-0.15, -0.1) is 13.2 Å². The molecule has 1 nitrogen and oxygen atoms in total. The number of rotatable bonds is 8. The number of hydrogen-bond donors (Lipinski definition) is 0. The van der Waals surface area contributed by atoms with Gasteiger partial charge in [-0.05, 0) is 73.5 Å². The van der Waals surface area contributed by atoms with Crippen molar-refractivity contribution in [3.05, 3.63) is 29.8 Å². The molecular formula is C25H37F3O. The summed E-state index contributed by atoms with van der Waals surface area (Å²) >= 11 is 0. The lowest BCUT2D eigenvalue weighted by molar-refractivity contribution is -0.274. The Bertz CT molecular complexity index is 579. The maximum atomic E-state index is 12.3. The van der Waals surface area contributed by atoms with Crippen LogP contribution in [0.15, 0.2) is 24.3 Å². The molecule has 2 aliphatic carbocycles. The average molecular weight is 411 g/mol. The summed E-state index contributed by atoms with van der Waals surface area (Å²) in [6.45, 7) is 2.28. The van der Waals surface area contributed by atoms with E-state index in [1.807, 2.05) is 12.1 Å². The van der Waals surface area contributed by atoms with Gasteiger partial charge >= 0.3 is 6.36 Å². The molecule has 1 aromatic carbocycles. The molecule has 29 heavy (non-hydrogen) atoms. The lowest BCUT2D eigenvalue weighted by atomic mass is 9.71.